The van der Waals surface area contributed by atoms with Crippen molar-refractivity contribution in [3.8, 4) is 5.75 Å². The van der Waals surface area contributed by atoms with Crippen LogP contribution in [0.3, 0.4) is 0 Å². The lowest BCUT2D eigenvalue weighted by molar-refractivity contribution is -0.127. The molecule has 0 unspecified atom stereocenters. The van der Waals surface area contributed by atoms with Crippen LogP contribution in [0.1, 0.15) is 25.7 Å². The summed E-state index contributed by atoms with van der Waals surface area (Å²) in [6.45, 7) is 0. The number of alkyl halides is 2. The first-order valence-electron chi connectivity index (χ1n) is 9.52. The molecular formula is C21H21F4N3O3. The van der Waals surface area contributed by atoms with Gasteiger partial charge in [-0.25, -0.2) is 13.2 Å². The van der Waals surface area contributed by atoms with Gasteiger partial charge in [0, 0.05) is 24.4 Å². The van der Waals surface area contributed by atoms with Crippen LogP contribution in [0.25, 0.3) is 11.0 Å². The minimum Gasteiger partial charge on any atom is -0.494 e. The number of halogens is 4. The van der Waals surface area contributed by atoms with Crippen molar-refractivity contribution in [2.45, 2.75) is 31.6 Å². The molecule has 0 saturated heterocycles. The van der Waals surface area contributed by atoms with E-state index >= 15 is 0 Å². The van der Waals surface area contributed by atoms with Crippen molar-refractivity contribution in [2.75, 3.05) is 18.2 Å². The fourth-order valence-corrected chi connectivity index (χ4v) is 3.32. The normalized spacial score (nSPS) is 17.5. The lowest BCUT2D eigenvalue weighted by Gasteiger charge is -2.27. The van der Waals surface area contributed by atoms with Gasteiger partial charge in [0.25, 0.3) is 0 Å². The zero-order valence-corrected chi connectivity index (χ0v) is 16.6. The van der Waals surface area contributed by atoms with Gasteiger partial charge in [0.15, 0.2) is 23.0 Å². The first-order chi connectivity index (χ1) is 14.7. The molecule has 1 aliphatic rings. The number of fused-ring (bicyclic) bond motifs is 1. The second-order valence-electron chi connectivity index (χ2n) is 7.17. The molecule has 1 heterocycles. The number of aromatic nitrogens is 1. The Balaban J connectivity index is 0.000000229. The van der Waals surface area contributed by atoms with E-state index in [4.69, 9.17) is 10.3 Å². The summed E-state index contributed by atoms with van der Waals surface area (Å²) < 4.78 is 61.0. The third kappa shape index (κ3) is 5.44. The molecule has 6 nitrogen and oxygen atoms in total. The molecule has 4 rings (SSSR count). The number of carbonyl (C=O) groups is 1. The van der Waals surface area contributed by atoms with Crippen molar-refractivity contribution in [1.29, 1.82) is 0 Å². The standard InChI is InChI=1S/C14H15F2N3O2.C7H6F2O/c15-14(16)5-1-2-8(7-14)13(20)18-9-3-4-11-10(6-9)12(17)19-21-11;1-10-6-4-2-3-5(8)7(6)9/h3-4,6,8H,1-2,5,7H2,(H2,17,19)(H,18,20);2-4H,1H3/t8-;/m0./s1. The molecule has 1 amide bonds. The topological polar surface area (TPSA) is 90.4 Å². The Kier molecular flexibility index (Phi) is 6.67. The van der Waals surface area contributed by atoms with Gasteiger partial charge in [0.2, 0.25) is 17.6 Å². The Hall–Kier alpha value is -3.30. The number of benzene rings is 2. The van der Waals surface area contributed by atoms with Crippen LogP contribution in [-0.4, -0.2) is 24.1 Å². The summed E-state index contributed by atoms with van der Waals surface area (Å²) in [4.78, 5) is 12.1. The van der Waals surface area contributed by atoms with Crippen molar-refractivity contribution in [3.05, 3.63) is 48.0 Å². The van der Waals surface area contributed by atoms with E-state index in [2.05, 4.69) is 15.2 Å². The van der Waals surface area contributed by atoms with E-state index in [1.54, 1.807) is 18.2 Å². The number of anilines is 2. The van der Waals surface area contributed by atoms with E-state index in [1.807, 2.05) is 0 Å². The lowest BCUT2D eigenvalue weighted by Crippen LogP contribution is -2.33. The SMILES string of the molecule is COc1cccc(F)c1F.Nc1noc2ccc(NC(=O)[C@H]3CCCC(F)(F)C3)cc12. The number of amides is 1. The van der Waals surface area contributed by atoms with Crippen LogP contribution in [0.2, 0.25) is 0 Å². The third-order valence-corrected chi connectivity index (χ3v) is 4.91. The number of nitrogens with two attached hydrogens (primary N) is 1. The molecule has 3 aromatic rings. The number of ether oxygens (including phenoxy) is 1. The van der Waals surface area contributed by atoms with E-state index in [1.165, 1.54) is 19.2 Å². The van der Waals surface area contributed by atoms with Crippen molar-refractivity contribution in [2.24, 2.45) is 5.92 Å². The fraction of sp³-hybridized carbons (Fsp3) is 0.333. The number of nitrogens with zero attached hydrogens (tertiary/aromatic N) is 1. The summed E-state index contributed by atoms with van der Waals surface area (Å²) in [6.07, 6.45) is 0.318. The number of rotatable bonds is 3. The third-order valence-electron chi connectivity index (χ3n) is 4.91. The van der Waals surface area contributed by atoms with Gasteiger partial charge < -0.3 is 20.3 Å². The van der Waals surface area contributed by atoms with Crippen molar-refractivity contribution in [1.82, 2.24) is 5.16 Å². The van der Waals surface area contributed by atoms with Gasteiger partial charge in [-0.15, -0.1) is 0 Å². The molecule has 1 atom stereocenters. The molecule has 166 valence electrons. The van der Waals surface area contributed by atoms with Crippen LogP contribution in [0.5, 0.6) is 5.75 Å². The van der Waals surface area contributed by atoms with Crippen LogP contribution in [-0.2, 0) is 4.79 Å². The zero-order valence-electron chi connectivity index (χ0n) is 16.6. The smallest absolute Gasteiger partial charge is 0.248 e. The maximum Gasteiger partial charge on any atom is 0.248 e. The van der Waals surface area contributed by atoms with Crippen LogP contribution in [0.15, 0.2) is 40.9 Å². The number of nitrogen functional groups attached to an aromatic ring is 1. The van der Waals surface area contributed by atoms with Crippen molar-refractivity contribution >= 4 is 28.4 Å². The molecule has 1 fully saturated rings. The summed E-state index contributed by atoms with van der Waals surface area (Å²) in [5.41, 5.74) is 6.64. The van der Waals surface area contributed by atoms with E-state index < -0.39 is 29.9 Å². The molecule has 0 radical (unpaired) electrons. The largest absolute Gasteiger partial charge is 0.494 e. The lowest BCUT2D eigenvalue weighted by atomic mass is 9.86. The van der Waals surface area contributed by atoms with Gasteiger partial charge in [0.1, 0.15) is 0 Å². The van der Waals surface area contributed by atoms with E-state index in [9.17, 15) is 22.4 Å². The second kappa shape index (κ2) is 9.23. The van der Waals surface area contributed by atoms with Gasteiger partial charge >= 0.3 is 0 Å². The molecule has 3 N–H and O–H groups in total. The predicted octanol–water partition coefficient (Wildman–Crippen LogP) is 5.15. The summed E-state index contributed by atoms with van der Waals surface area (Å²) >= 11 is 0. The highest BCUT2D eigenvalue weighted by Gasteiger charge is 2.39. The molecule has 0 spiro atoms. The molecule has 1 aromatic heterocycles. The average Bonchev–Trinajstić information content (AvgIpc) is 3.10. The Bertz CT molecular complexity index is 1070. The number of methoxy groups -OCH3 is 1. The van der Waals surface area contributed by atoms with E-state index in [0.717, 1.165) is 6.07 Å². The molecular weight excluding hydrogens is 418 g/mol. The Morgan fingerprint density at radius 2 is 2.06 bits per heavy atom. The van der Waals surface area contributed by atoms with Crippen LogP contribution < -0.4 is 15.8 Å². The quantitative estimate of drug-likeness (QED) is 0.551. The Labute approximate surface area is 175 Å². The summed E-state index contributed by atoms with van der Waals surface area (Å²) in [6, 6.07) is 8.67. The molecule has 31 heavy (non-hydrogen) atoms. The zero-order chi connectivity index (χ0) is 22.6. The first-order valence-corrected chi connectivity index (χ1v) is 9.52. The Morgan fingerprint density at radius 1 is 1.29 bits per heavy atom. The number of hydrogen-bond donors (Lipinski definition) is 2. The number of carbonyl (C=O) groups excluding carboxylic acids is 1. The van der Waals surface area contributed by atoms with Gasteiger partial charge in [0.05, 0.1) is 12.5 Å². The van der Waals surface area contributed by atoms with Crippen LogP contribution >= 0.6 is 0 Å². The maximum atomic E-state index is 13.4. The van der Waals surface area contributed by atoms with Crippen LogP contribution in [0.4, 0.5) is 29.1 Å². The first kappa shape index (κ1) is 22.4. The van der Waals surface area contributed by atoms with Gasteiger partial charge in [-0.2, -0.15) is 4.39 Å². The maximum absolute atomic E-state index is 13.4. The molecule has 0 bridgehead atoms. The number of nitrogens with one attached hydrogen (secondary N) is 1. The molecule has 1 aliphatic carbocycles. The minimum absolute atomic E-state index is 0.0694. The molecule has 1 saturated carbocycles. The number of hydrogen-bond acceptors (Lipinski definition) is 5. The summed E-state index contributed by atoms with van der Waals surface area (Å²) in [7, 11) is 1.29. The average molecular weight is 439 g/mol. The van der Waals surface area contributed by atoms with E-state index in [0.29, 0.717) is 29.5 Å². The summed E-state index contributed by atoms with van der Waals surface area (Å²) in [5, 5.41) is 6.86. The Morgan fingerprint density at radius 3 is 2.74 bits per heavy atom. The predicted molar refractivity (Wildman–Crippen MR) is 107 cm³/mol. The minimum atomic E-state index is -2.75. The highest BCUT2D eigenvalue weighted by atomic mass is 19.3. The van der Waals surface area contributed by atoms with Crippen molar-refractivity contribution in [3.63, 3.8) is 0 Å². The molecule has 2 aromatic carbocycles. The monoisotopic (exact) mass is 439 g/mol. The van der Waals surface area contributed by atoms with Gasteiger partial charge in [-0.1, -0.05) is 11.2 Å². The van der Waals surface area contributed by atoms with Crippen LogP contribution in [0, 0.1) is 17.6 Å². The highest BCUT2D eigenvalue weighted by molar-refractivity contribution is 5.96. The second-order valence-corrected chi connectivity index (χ2v) is 7.17. The highest BCUT2D eigenvalue weighted by Crippen LogP contribution is 2.37. The fourth-order valence-electron chi connectivity index (χ4n) is 3.32. The van der Waals surface area contributed by atoms with Crippen molar-refractivity contribution < 1.29 is 31.6 Å². The molecule has 10 heteroatoms. The van der Waals surface area contributed by atoms with Gasteiger partial charge in [-0.05, 0) is 43.2 Å². The van der Waals surface area contributed by atoms with Gasteiger partial charge in [-0.3, -0.25) is 4.79 Å². The summed E-state index contributed by atoms with van der Waals surface area (Å²) in [5.74, 6) is -5.47. The van der Waals surface area contributed by atoms with E-state index in [-0.39, 0.29) is 23.9 Å². The molecule has 0 aliphatic heterocycles.